The molecule has 3 aromatic rings. The monoisotopic (exact) mass is 358 g/mol. The molecule has 0 spiro atoms. The van der Waals surface area contributed by atoms with Crippen LogP contribution in [0.1, 0.15) is 16.2 Å². The fourth-order valence-electron chi connectivity index (χ4n) is 1.78. The summed E-state index contributed by atoms with van der Waals surface area (Å²) in [4.78, 5) is 16.1. The van der Waals surface area contributed by atoms with Crippen LogP contribution in [0.5, 0.6) is 0 Å². The SMILES string of the molecule is O=C(NCc1nnc(-c2ccccn2)o1)c1ccc(Br)cc1. The number of aromatic nitrogens is 3. The Morgan fingerprint density at radius 1 is 1.14 bits per heavy atom. The molecule has 3 rings (SSSR count). The molecule has 22 heavy (non-hydrogen) atoms. The maximum absolute atomic E-state index is 12.0. The fraction of sp³-hybridized carbons (Fsp3) is 0.0667. The number of rotatable bonds is 4. The number of halogens is 1. The minimum Gasteiger partial charge on any atom is -0.417 e. The molecule has 1 N–H and O–H groups in total. The van der Waals surface area contributed by atoms with E-state index in [0.29, 0.717) is 23.0 Å². The van der Waals surface area contributed by atoms with E-state index >= 15 is 0 Å². The first kappa shape index (κ1) is 14.4. The molecule has 1 amide bonds. The third-order valence-electron chi connectivity index (χ3n) is 2.86. The predicted octanol–water partition coefficient (Wildman–Crippen LogP) is 2.82. The minimum absolute atomic E-state index is 0.161. The molecule has 0 saturated carbocycles. The van der Waals surface area contributed by atoms with Gasteiger partial charge in [-0.15, -0.1) is 10.2 Å². The topological polar surface area (TPSA) is 80.9 Å². The van der Waals surface area contributed by atoms with Gasteiger partial charge < -0.3 is 9.73 Å². The van der Waals surface area contributed by atoms with Crippen LogP contribution in [0.4, 0.5) is 0 Å². The second-order valence-corrected chi connectivity index (χ2v) is 5.32. The highest BCUT2D eigenvalue weighted by Crippen LogP contribution is 2.14. The molecule has 7 heteroatoms. The summed E-state index contributed by atoms with van der Waals surface area (Å²) < 4.78 is 6.39. The van der Waals surface area contributed by atoms with Crippen molar-refractivity contribution in [3.8, 4) is 11.6 Å². The van der Waals surface area contributed by atoms with Crippen molar-refractivity contribution >= 4 is 21.8 Å². The molecule has 0 bridgehead atoms. The molecule has 0 aliphatic rings. The Labute approximate surface area is 134 Å². The Morgan fingerprint density at radius 2 is 1.95 bits per heavy atom. The van der Waals surface area contributed by atoms with Crippen LogP contribution >= 0.6 is 15.9 Å². The molecule has 1 aromatic carbocycles. The average molecular weight is 359 g/mol. The highest BCUT2D eigenvalue weighted by molar-refractivity contribution is 9.10. The van der Waals surface area contributed by atoms with E-state index in [0.717, 1.165) is 4.47 Å². The van der Waals surface area contributed by atoms with Gasteiger partial charge in [-0.05, 0) is 36.4 Å². The third-order valence-corrected chi connectivity index (χ3v) is 3.39. The molecule has 0 radical (unpaired) electrons. The highest BCUT2D eigenvalue weighted by atomic mass is 79.9. The lowest BCUT2D eigenvalue weighted by Crippen LogP contribution is -2.22. The van der Waals surface area contributed by atoms with Gasteiger partial charge in [0.25, 0.3) is 11.8 Å². The van der Waals surface area contributed by atoms with Crippen molar-refractivity contribution in [1.29, 1.82) is 0 Å². The number of benzene rings is 1. The van der Waals surface area contributed by atoms with Gasteiger partial charge in [0, 0.05) is 16.2 Å². The molecular formula is C15H11BrN4O2. The van der Waals surface area contributed by atoms with E-state index in [-0.39, 0.29) is 12.5 Å². The average Bonchev–Trinajstić information content (AvgIpc) is 3.03. The summed E-state index contributed by atoms with van der Waals surface area (Å²) >= 11 is 3.32. The van der Waals surface area contributed by atoms with Gasteiger partial charge in [-0.3, -0.25) is 9.78 Å². The van der Waals surface area contributed by atoms with E-state index in [9.17, 15) is 4.79 Å². The normalized spacial score (nSPS) is 10.4. The lowest BCUT2D eigenvalue weighted by Gasteiger charge is -2.02. The van der Waals surface area contributed by atoms with Gasteiger partial charge in [0.05, 0.1) is 6.54 Å². The van der Waals surface area contributed by atoms with Crippen molar-refractivity contribution in [3.63, 3.8) is 0 Å². The van der Waals surface area contributed by atoms with E-state index in [1.807, 2.05) is 6.07 Å². The van der Waals surface area contributed by atoms with Crippen LogP contribution in [0, 0.1) is 0 Å². The van der Waals surface area contributed by atoms with Crippen molar-refractivity contribution in [2.75, 3.05) is 0 Å². The van der Waals surface area contributed by atoms with Gasteiger partial charge in [0.2, 0.25) is 5.89 Å². The number of nitrogens with one attached hydrogen (secondary N) is 1. The summed E-state index contributed by atoms with van der Waals surface area (Å²) in [6.07, 6.45) is 1.65. The Kier molecular flexibility index (Phi) is 4.24. The summed E-state index contributed by atoms with van der Waals surface area (Å²) in [6, 6.07) is 12.5. The maximum atomic E-state index is 12.0. The van der Waals surface area contributed by atoms with E-state index in [4.69, 9.17) is 4.42 Å². The molecule has 0 fully saturated rings. The number of carbonyl (C=O) groups is 1. The van der Waals surface area contributed by atoms with Gasteiger partial charge >= 0.3 is 0 Å². The second-order valence-electron chi connectivity index (χ2n) is 4.41. The number of pyridine rings is 1. The first-order valence-electron chi connectivity index (χ1n) is 6.50. The zero-order valence-electron chi connectivity index (χ0n) is 11.4. The van der Waals surface area contributed by atoms with Crippen LogP contribution in [-0.4, -0.2) is 21.1 Å². The minimum atomic E-state index is -0.204. The quantitative estimate of drug-likeness (QED) is 0.775. The smallest absolute Gasteiger partial charge is 0.266 e. The van der Waals surface area contributed by atoms with Crippen molar-refractivity contribution in [2.24, 2.45) is 0 Å². The fourth-order valence-corrected chi connectivity index (χ4v) is 2.04. The molecule has 0 atom stereocenters. The van der Waals surface area contributed by atoms with Gasteiger partial charge in [-0.25, -0.2) is 0 Å². The van der Waals surface area contributed by atoms with Crippen LogP contribution in [-0.2, 0) is 6.54 Å². The molecule has 0 aliphatic heterocycles. The largest absolute Gasteiger partial charge is 0.417 e. The number of hydrogen-bond donors (Lipinski definition) is 1. The van der Waals surface area contributed by atoms with E-state index < -0.39 is 0 Å². The summed E-state index contributed by atoms with van der Waals surface area (Å²) in [6.45, 7) is 0.161. The molecule has 2 heterocycles. The van der Waals surface area contributed by atoms with Crippen molar-refractivity contribution in [3.05, 3.63) is 64.6 Å². The first-order chi connectivity index (χ1) is 10.7. The molecule has 2 aromatic heterocycles. The summed E-state index contributed by atoms with van der Waals surface area (Å²) in [5.41, 5.74) is 1.16. The maximum Gasteiger partial charge on any atom is 0.266 e. The first-order valence-corrected chi connectivity index (χ1v) is 7.29. The lowest BCUT2D eigenvalue weighted by molar-refractivity contribution is 0.0947. The summed E-state index contributed by atoms with van der Waals surface area (Å²) in [7, 11) is 0. The molecule has 6 nitrogen and oxygen atoms in total. The van der Waals surface area contributed by atoms with E-state index in [1.165, 1.54) is 0 Å². The van der Waals surface area contributed by atoms with Gasteiger partial charge in [0.15, 0.2) is 0 Å². The standard InChI is InChI=1S/C15H11BrN4O2/c16-11-6-4-10(5-7-11)14(21)18-9-13-19-20-15(22-13)12-3-1-2-8-17-12/h1-8H,9H2,(H,18,21). The van der Waals surface area contributed by atoms with Gasteiger partial charge in [-0.2, -0.15) is 0 Å². The van der Waals surface area contributed by atoms with Gasteiger partial charge in [-0.1, -0.05) is 22.0 Å². The van der Waals surface area contributed by atoms with Crippen molar-refractivity contribution in [1.82, 2.24) is 20.5 Å². The van der Waals surface area contributed by atoms with Crippen LogP contribution < -0.4 is 5.32 Å². The van der Waals surface area contributed by atoms with E-state index in [2.05, 4.69) is 36.4 Å². The zero-order valence-corrected chi connectivity index (χ0v) is 12.9. The molecular weight excluding hydrogens is 348 g/mol. The Morgan fingerprint density at radius 3 is 2.68 bits per heavy atom. The molecule has 0 saturated heterocycles. The van der Waals surface area contributed by atoms with Crippen molar-refractivity contribution < 1.29 is 9.21 Å². The number of nitrogens with zero attached hydrogens (tertiary/aromatic N) is 3. The third kappa shape index (κ3) is 3.37. The molecule has 0 aliphatic carbocycles. The van der Waals surface area contributed by atoms with Crippen LogP contribution in [0.15, 0.2) is 57.6 Å². The van der Waals surface area contributed by atoms with Crippen molar-refractivity contribution in [2.45, 2.75) is 6.54 Å². The predicted molar refractivity (Wildman–Crippen MR) is 82.8 cm³/mol. The summed E-state index contributed by atoms with van der Waals surface area (Å²) in [5, 5.41) is 10.5. The van der Waals surface area contributed by atoms with Crippen LogP contribution in [0.25, 0.3) is 11.6 Å². The van der Waals surface area contributed by atoms with Crippen LogP contribution in [0.2, 0.25) is 0 Å². The molecule has 110 valence electrons. The number of carbonyl (C=O) groups excluding carboxylic acids is 1. The number of amides is 1. The Bertz CT molecular complexity index is 772. The second kappa shape index (κ2) is 6.48. The Balaban J connectivity index is 1.64. The lowest BCUT2D eigenvalue weighted by atomic mass is 10.2. The van der Waals surface area contributed by atoms with Gasteiger partial charge in [0.1, 0.15) is 5.69 Å². The van der Waals surface area contributed by atoms with Crippen LogP contribution in [0.3, 0.4) is 0 Å². The number of hydrogen-bond acceptors (Lipinski definition) is 5. The summed E-state index contributed by atoms with van der Waals surface area (Å²) in [5.74, 6) is 0.449. The Hall–Kier alpha value is -2.54. The van der Waals surface area contributed by atoms with E-state index in [1.54, 1.807) is 42.6 Å². The zero-order chi connectivity index (χ0) is 15.4. The molecule has 0 unspecified atom stereocenters. The highest BCUT2D eigenvalue weighted by Gasteiger charge is 2.11.